The minimum absolute atomic E-state index is 0. The molecule has 0 amide bonds. The number of hydrogen-bond acceptors (Lipinski definition) is 11. The van der Waals surface area contributed by atoms with Crippen LogP contribution in [0, 0.1) is 215 Å². The summed E-state index contributed by atoms with van der Waals surface area (Å²) in [6, 6.07) is 0. The SMILES string of the molecule is CC1=CC(C)(C)C([C@@H](C)[C@@H]2[C@]3(O)CO[C@@H]3C[C@H](O)[C@@]2(C)C(=O)[C@@H](C)O)C[C@@H]1OP(P(P)P(P)P)P(P(P)P)P(P)P.CCC(=O)[C@@]1(C)[C@H]([C@H](C)C2C[C@H](OP(P(P)P(P)P)P(P(P)P)P(P)P)C(C)=CC2(C)C)[C@]2(O)CO[C@@H]2C[C@@H]1O.[Ac].[Ac].[Ac].[I][Sm][I]. The van der Waals surface area contributed by atoms with Gasteiger partial charge in [0, 0.05) is 191 Å². The molecule has 6 aliphatic rings. The number of carbonyl (C=O) groups is 2. The van der Waals surface area contributed by atoms with Gasteiger partial charge in [-0.05, 0) is 135 Å². The van der Waals surface area contributed by atoms with Crippen molar-refractivity contribution >= 4 is 250 Å². The van der Waals surface area contributed by atoms with Crippen molar-refractivity contribution in [3.63, 3.8) is 0 Å². The Kier molecular flexibility index (Phi) is 52.7. The fraction of sp³-hybridized carbons (Fsp3) is 0.864. The number of allylic oxidation sites excluding steroid dienone is 2. The predicted octanol–water partition coefficient (Wildman–Crippen LogP) is 21.6. The Labute approximate surface area is 710 Å². The molecule has 2 saturated heterocycles. The van der Waals surface area contributed by atoms with Crippen LogP contribution in [-0.2, 0) is 28.1 Å². The summed E-state index contributed by atoms with van der Waals surface area (Å²) in [5.41, 5.74) is -2.47. The standard InChI is InChI=1S/C22H49O6P13.C22H49O5P13.3Ac.2HI.Sm/c1-11-9-20(4,5)14(7-15(11)28-36(40(35)37(29)30)41(38(31)32)39(33)34)12(2)18-21(6,19(25)13(3)23)16(24)8-17-22(18,26)10-27-17;1-7-16(23)21(6)17(24)9-18-22(25,11-26-18)19(21)13(3)14-8-15(12(2)10-20(14,4)5)27-35(39(34)36(28)29)40(37(30)31)38(32)33;;;;;;/h9,12-18,23-24,26H,7-8,10,29-35H2,1-6H3;10,13-15,17-19,24-25H,7-9,11,28-34H2,1-6H3;;;;2*1H;/q;;;;;;;+2/p-2/t12-,13-,14?,15+,16+,17-,18+,21-,22+,36?,40?;13-,14?,15+,17+,18-,19+,21-,22+,35?,39?;;;;;;/m11....../s1. The normalized spacial score (nSPS) is 35.8. The third kappa shape index (κ3) is 24.9. The summed E-state index contributed by atoms with van der Waals surface area (Å²) in [6.07, 6.45) is 3.14. The first-order valence-corrected chi connectivity index (χ1v) is 87.6. The number of Topliss-reactive ketones (excluding diaryl/α,β-unsaturated/α-hetero) is 2. The van der Waals surface area contributed by atoms with Crippen LogP contribution in [0.2, 0.25) is 0 Å². The summed E-state index contributed by atoms with van der Waals surface area (Å²) < 4.78 is 26.1. The zero-order chi connectivity index (χ0) is 64.6. The van der Waals surface area contributed by atoms with Crippen LogP contribution < -0.4 is 0 Å². The van der Waals surface area contributed by atoms with Crippen LogP contribution in [0.25, 0.3) is 0 Å². The molecule has 499 valence electrons. The predicted molar refractivity (Wildman–Crippen MR) is 452 cm³/mol. The van der Waals surface area contributed by atoms with Gasteiger partial charge in [0.25, 0.3) is 0 Å². The van der Waals surface area contributed by atoms with Crippen molar-refractivity contribution in [2.24, 2.45) is 57.2 Å². The first kappa shape index (κ1) is 102. The second-order valence-electron chi connectivity index (χ2n) is 24.5. The van der Waals surface area contributed by atoms with Crippen molar-refractivity contribution in [2.45, 2.75) is 169 Å². The van der Waals surface area contributed by atoms with Gasteiger partial charge in [-0.25, -0.2) is 0 Å². The van der Waals surface area contributed by atoms with Gasteiger partial charge in [-0.1, -0.05) is 78.5 Å². The van der Waals surface area contributed by atoms with E-state index in [1.54, 1.807) is 6.92 Å². The van der Waals surface area contributed by atoms with Gasteiger partial charge in [0.15, 0.2) is 5.78 Å². The van der Waals surface area contributed by atoms with E-state index in [2.05, 4.69) is 221 Å². The number of hydrogen-bond donors (Lipinski definition) is 5. The van der Waals surface area contributed by atoms with Crippen molar-refractivity contribution in [1.29, 1.82) is 0 Å². The van der Waals surface area contributed by atoms with Crippen molar-refractivity contribution in [3.05, 3.63) is 23.3 Å². The first-order valence-electron chi connectivity index (χ1n) is 26.9. The maximum absolute atomic E-state index is 13.6. The van der Waals surface area contributed by atoms with E-state index in [4.69, 9.17) is 18.5 Å². The van der Waals surface area contributed by atoms with Crippen molar-refractivity contribution in [2.75, 3.05) is 13.2 Å². The van der Waals surface area contributed by atoms with E-state index in [9.17, 15) is 35.1 Å². The van der Waals surface area contributed by atoms with Gasteiger partial charge in [-0.3, -0.25) is 9.59 Å². The Balaban J connectivity index is 0.000000806. The molecule has 35 atom stereocenters. The molecule has 3 radical (unpaired) electrons. The number of ether oxygens (including phenoxy) is 2. The molecule has 43 heteroatoms. The van der Waals surface area contributed by atoms with Crippen LogP contribution >= 0.6 is 239 Å². The number of fused-ring (bicyclic) bond motifs is 2. The van der Waals surface area contributed by atoms with Crippen molar-refractivity contribution < 1.29 is 211 Å². The molecule has 2 heterocycles. The van der Waals surface area contributed by atoms with E-state index in [-0.39, 0.29) is 293 Å². The van der Waals surface area contributed by atoms with Gasteiger partial charge in [0.2, 0.25) is 0 Å². The molecule has 0 aromatic rings. The van der Waals surface area contributed by atoms with Gasteiger partial charge >= 0.3 is 54.0 Å². The molecule has 0 bridgehead atoms. The van der Waals surface area contributed by atoms with Gasteiger partial charge < -0.3 is 44.1 Å². The number of rotatable bonds is 22. The Morgan fingerprint density at radius 2 is 0.897 bits per heavy atom. The molecule has 11 nitrogen and oxygen atoms in total. The summed E-state index contributed by atoms with van der Waals surface area (Å²) in [4.78, 5) is 27.1. The molecular weight excluding hydrogens is 2590 g/mol. The van der Waals surface area contributed by atoms with E-state index in [1.165, 1.54) is 18.1 Å². The Morgan fingerprint density at radius 3 is 1.15 bits per heavy atom. The maximum atomic E-state index is 13.6. The third-order valence-electron chi connectivity index (χ3n) is 18.4. The monoisotopic (exact) mass is 2690 g/mol. The number of ketones is 2. The van der Waals surface area contributed by atoms with Crippen LogP contribution in [0.3, 0.4) is 0 Å². The molecule has 2 saturated carbocycles. The summed E-state index contributed by atoms with van der Waals surface area (Å²) in [6.45, 7) is 21.9. The summed E-state index contributed by atoms with van der Waals surface area (Å²) >= 11 is 5.07. The quantitative estimate of drug-likeness (QED) is 0.0397. The molecular formula is C44H98Ac3I2O11P26Sm. The van der Waals surface area contributed by atoms with Crippen LogP contribution in [-0.4, -0.2) is 104 Å². The second-order valence-corrected chi connectivity index (χ2v) is 141. The molecule has 6 rings (SSSR count). The Hall–Kier alpha value is 16.8. The van der Waals surface area contributed by atoms with E-state index in [0.717, 1.165) is 12.8 Å². The summed E-state index contributed by atoms with van der Waals surface area (Å²) in [5, 5.41) is 57.2. The topological polar surface area (TPSA) is 172 Å². The molecule has 2 aliphatic heterocycles. The Morgan fingerprint density at radius 1 is 0.598 bits per heavy atom. The minimum atomic E-state index is -1.29. The molecule has 0 spiro atoms. The summed E-state index contributed by atoms with van der Waals surface area (Å²) in [7, 11) is 41.8. The van der Waals surface area contributed by atoms with Crippen LogP contribution in [0.5, 0.6) is 0 Å². The fourth-order valence-corrected chi connectivity index (χ4v) is 206. The molecule has 5 N–H and O–H groups in total. The van der Waals surface area contributed by atoms with Crippen LogP contribution in [0.1, 0.15) is 115 Å². The van der Waals surface area contributed by atoms with Gasteiger partial charge in [0.05, 0.1) is 75.7 Å². The van der Waals surface area contributed by atoms with E-state index >= 15 is 0 Å². The van der Waals surface area contributed by atoms with Gasteiger partial charge in [-0.15, -0.1) is 107 Å². The van der Waals surface area contributed by atoms with E-state index in [1.807, 2.05) is 13.8 Å². The number of carbonyl (C=O) groups excluding carboxylic acids is 2. The van der Waals surface area contributed by atoms with Gasteiger partial charge in [-0.2, -0.15) is 0 Å². The molecule has 20 unspecified atom stereocenters. The van der Waals surface area contributed by atoms with Crippen molar-refractivity contribution in [3.8, 4) is 0 Å². The Bertz CT molecular complexity index is 2280. The average Bonchev–Trinajstić information content (AvgIpc) is 0.727. The number of halogens is 2. The number of aliphatic hydroxyl groups excluding tert-OH is 3. The van der Waals surface area contributed by atoms with E-state index in [0.29, 0.717) is 12.8 Å². The molecule has 4 fully saturated rings. The molecule has 4 aliphatic carbocycles. The molecule has 0 aromatic carbocycles. The second kappa shape index (κ2) is 45.0. The molecule has 87 heavy (non-hydrogen) atoms. The third-order valence-corrected chi connectivity index (χ3v) is 160. The molecule has 0 aromatic heterocycles. The zero-order valence-electron chi connectivity index (χ0n) is 51.6. The van der Waals surface area contributed by atoms with E-state index < -0.39 is 92.2 Å². The average molecular weight is 2690 g/mol. The van der Waals surface area contributed by atoms with Crippen molar-refractivity contribution in [1.82, 2.24) is 0 Å². The number of aliphatic hydroxyl groups is 5. The van der Waals surface area contributed by atoms with Crippen LogP contribution in [0.15, 0.2) is 23.3 Å². The zero-order valence-corrected chi connectivity index (χ0v) is 99.7. The fourth-order valence-electron chi connectivity index (χ4n) is 14.6. The van der Waals surface area contributed by atoms with Crippen LogP contribution in [0.4, 0.5) is 0 Å². The summed E-state index contributed by atoms with van der Waals surface area (Å²) in [5.74, 6) is -1.27. The first-order chi connectivity index (χ1) is 38.5. The van der Waals surface area contributed by atoms with Gasteiger partial charge in [0.1, 0.15) is 23.1 Å².